The molecule has 0 aliphatic carbocycles. The first-order valence-corrected chi connectivity index (χ1v) is 9.65. The predicted molar refractivity (Wildman–Crippen MR) is 99.1 cm³/mol. The maximum Gasteiger partial charge on any atom is 0.308 e. The Labute approximate surface area is 154 Å². The van der Waals surface area contributed by atoms with Crippen LogP contribution in [-0.4, -0.2) is 37.2 Å². The molecule has 2 N–H and O–H groups in total. The number of carbonyl (C=O) groups excluding carboxylic acids is 3. The number of anilines is 1. The van der Waals surface area contributed by atoms with E-state index in [1.54, 1.807) is 40.7 Å². The molecule has 2 amide bonds. The third-order valence-corrected chi connectivity index (χ3v) is 4.56. The molecule has 0 aliphatic rings. The van der Waals surface area contributed by atoms with E-state index in [1.807, 2.05) is 18.4 Å². The Hall–Kier alpha value is -2.32. The minimum absolute atomic E-state index is 0.00553. The number of ether oxygens (including phenoxy) is 1. The van der Waals surface area contributed by atoms with E-state index in [4.69, 9.17) is 4.74 Å². The van der Waals surface area contributed by atoms with Gasteiger partial charge in [-0.25, -0.2) is 0 Å². The van der Waals surface area contributed by atoms with Gasteiger partial charge >= 0.3 is 5.97 Å². The van der Waals surface area contributed by atoms with E-state index in [9.17, 15) is 14.4 Å². The fourth-order valence-electron chi connectivity index (χ4n) is 1.86. The molecule has 0 aliphatic heterocycles. The third kappa shape index (κ3) is 6.60. The summed E-state index contributed by atoms with van der Waals surface area (Å²) < 4.78 is 4.89. The monoisotopic (exact) mass is 378 g/mol. The number of carbonyl (C=O) groups is 3. The molecule has 1 heterocycles. The first-order chi connectivity index (χ1) is 12.1. The van der Waals surface area contributed by atoms with E-state index in [-0.39, 0.29) is 25.5 Å². The molecule has 0 bridgehead atoms. The highest BCUT2D eigenvalue weighted by Crippen LogP contribution is 2.17. The second kappa shape index (κ2) is 9.85. The fraction of sp³-hybridized carbons (Fsp3) is 0.235. The van der Waals surface area contributed by atoms with Crippen LogP contribution in [0.1, 0.15) is 16.8 Å². The summed E-state index contributed by atoms with van der Waals surface area (Å²) in [6.45, 7) is -0.202. The minimum atomic E-state index is -0.543. The molecule has 6 nitrogen and oxygen atoms in total. The van der Waals surface area contributed by atoms with E-state index in [2.05, 4.69) is 10.6 Å². The van der Waals surface area contributed by atoms with E-state index >= 15 is 0 Å². The molecule has 2 rings (SSSR count). The molecular formula is C17H18N2O4S2. The van der Waals surface area contributed by atoms with Crippen molar-refractivity contribution in [3.05, 3.63) is 46.7 Å². The van der Waals surface area contributed by atoms with Crippen LogP contribution in [0.15, 0.2) is 46.0 Å². The van der Waals surface area contributed by atoms with Crippen LogP contribution in [0.5, 0.6) is 0 Å². The van der Waals surface area contributed by atoms with Gasteiger partial charge in [-0.1, -0.05) is 0 Å². The van der Waals surface area contributed by atoms with Crippen LogP contribution < -0.4 is 10.6 Å². The Balaban J connectivity index is 1.63. The summed E-state index contributed by atoms with van der Waals surface area (Å²) in [7, 11) is 0. The lowest BCUT2D eigenvalue weighted by Crippen LogP contribution is -2.27. The summed E-state index contributed by atoms with van der Waals surface area (Å²) in [6.07, 6.45) is 1.97. The number of esters is 1. The van der Waals surface area contributed by atoms with Crippen LogP contribution in [0.4, 0.5) is 5.69 Å². The fourth-order valence-corrected chi connectivity index (χ4v) is 2.91. The summed E-state index contributed by atoms with van der Waals surface area (Å²) in [5.41, 5.74) is 1.20. The third-order valence-electron chi connectivity index (χ3n) is 3.14. The highest BCUT2D eigenvalue weighted by Gasteiger charge is 2.10. The van der Waals surface area contributed by atoms with Crippen molar-refractivity contribution in [1.29, 1.82) is 0 Å². The van der Waals surface area contributed by atoms with Gasteiger partial charge in [0, 0.05) is 28.1 Å². The molecule has 1 aromatic heterocycles. The molecule has 0 radical (unpaired) electrons. The molecule has 8 heteroatoms. The average Bonchev–Trinajstić information content (AvgIpc) is 3.15. The van der Waals surface area contributed by atoms with Crippen molar-refractivity contribution in [3.63, 3.8) is 0 Å². The number of hydrogen-bond donors (Lipinski definition) is 2. The standard InChI is InChI=1S/C17H18N2O4S2/c1-24-14-4-2-13(3-5-14)19-15(20)10-23-16(21)6-8-18-17(22)12-7-9-25-11-12/h2-5,7,9,11H,6,8,10H2,1H3,(H,18,22)(H,19,20). The molecule has 0 fully saturated rings. The van der Waals surface area contributed by atoms with Gasteiger partial charge in [-0.15, -0.1) is 11.8 Å². The quantitative estimate of drug-likeness (QED) is 0.545. The number of thiophene rings is 1. The van der Waals surface area contributed by atoms with Gasteiger partial charge in [-0.05, 0) is 42.0 Å². The van der Waals surface area contributed by atoms with Gasteiger partial charge in [-0.2, -0.15) is 11.3 Å². The SMILES string of the molecule is CSc1ccc(NC(=O)COC(=O)CCNC(=O)c2ccsc2)cc1. The smallest absolute Gasteiger partial charge is 0.308 e. The van der Waals surface area contributed by atoms with Crippen molar-refractivity contribution in [1.82, 2.24) is 5.32 Å². The minimum Gasteiger partial charge on any atom is -0.456 e. The zero-order valence-corrected chi connectivity index (χ0v) is 15.2. The van der Waals surface area contributed by atoms with Gasteiger partial charge in [0.1, 0.15) is 0 Å². The number of amides is 2. The largest absolute Gasteiger partial charge is 0.456 e. The van der Waals surface area contributed by atoms with Gasteiger partial charge in [0.2, 0.25) is 0 Å². The molecule has 0 spiro atoms. The summed E-state index contributed by atoms with van der Waals surface area (Å²) in [4.78, 5) is 36.1. The number of thioether (sulfide) groups is 1. The number of benzene rings is 1. The van der Waals surface area contributed by atoms with Gasteiger partial charge in [-0.3, -0.25) is 14.4 Å². The first-order valence-electron chi connectivity index (χ1n) is 7.48. The maximum absolute atomic E-state index is 11.7. The predicted octanol–water partition coefficient (Wildman–Crippen LogP) is 2.77. The second-order valence-electron chi connectivity index (χ2n) is 4.96. The molecule has 1 aromatic carbocycles. The van der Waals surface area contributed by atoms with E-state index in [1.165, 1.54) is 11.3 Å². The number of rotatable bonds is 8. The van der Waals surface area contributed by atoms with Crippen molar-refractivity contribution in [2.24, 2.45) is 0 Å². The Morgan fingerprint density at radius 3 is 2.56 bits per heavy atom. The topological polar surface area (TPSA) is 84.5 Å². The summed E-state index contributed by atoms with van der Waals surface area (Å²) >= 11 is 3.03. The lowest BCUT2D eigenvalue weighted by Gasteiger charge is -2.07. The maximum atomic E-state index is 11.7. The zero-order chi connectivity index (χ0) is 18.1. The van der Waals surface area contributed by atoms with Crippen LogP contribution in [0.3, 0.4) is 0 Å². The Kier molecular flexibility index (Phi) is 7.49. The van der Waals surface area contributed by atoms with Crippen molar-refractivity contribution >= 4 is 46.6 Å². The van der Waals surface area contributed by atoms with Gasteiger partial charge in [0.15, 0.2) is 6.61 Å². The van der Waals surface area contributed by atoms with Crippen LogP contribution in [0.2, 0.25) is 0 Å². The zero-order valence-electron chi connectivity index (χ0n) is 13.6. The van der Waals surface area contributed by atoms with E-state index in [0.717, 1.165) is 4.90 Å². The molecule has 2 aromatic rings. The van der Waals surface area contributed by atoms with Gasteiger partial charge < -0.3 is 15.4 Å². The van der Waals surface area contributed by atoms with E-state index in [0.29, 0.717) is 11.3 Å². The molecule has 0 unspecified atom stereocenters. The van der Waals surface area contributed by atoms with Crippen LogP contribution in [0, 0.1) is 0 Å². The Morgan fingerprint density at radius 2 is 1.92 bits per heavy atom. The Morgan fingerprint density at radius 1 is 1.16 bits per heavy atom. The van der Waals surface area contributed by atoms with Crippen molar-refractivity contribution in [2.75, 3.05) is 24.7 Å². The molecule has 25 heavy (non-hydrogen) atoms. The number of nitrogens with one attached hydrogen (secondary N) is 2. The highest BCUT2D eigenvalue weighted by atomic mass is 32.2. The molecule has 0 atom stereocenters. The van der Waals surface area contributed by atoms with Gasteiger partial charge in [0.05, 0.1) is 6.42 Å². The molecule has 0 saturated heterocycles. The van der Waals surface area contributed by atoms with Crippen molar-refractivity contribution in [2.45, 2.75) is 11.3 Å². The highest BCUT2D eigenvalue weighted by molar-refractivity contribution is 7.98. The molecule has 132 valence electrons. The average molecular weight is 378 g/mol. The second-order valence-corrected chi connectivity index (χ2v) is 6.61. The number of hydrogen-bond acceptors (Lipinski definition) is 6. The van der Waals surface area contributed by atoms with Crippen LogP contribution in [-0.2, 0) is 14.3 Å². The Bertz CT molecular complexity index is 715. The first kappa shape index (κ1) is 19.0. The molecular weight excluding hydrogens is 360 g/mol. The normalized spacial score (nSPS) is 10.1. The van der Waals surface area contributed by atoms with Crippen LogP contribution >= 0.6 is 23.1 Å². The lowest BCUT2D eigenvalue weighted by molar-refractivity contribution is -0.147. The van der Waals surface area contributed by atoms with Crippen molar-refractivity contribution < 1.29 is 19.1 Å². The summed E-state index contributed by atoms with van der Waals surface area (Å²) in [5, 5.41) is 8.79. The summed E-state index contributed by atoms with van der Waals surface area (Å²) in [5.74, 6) is -1.19. The molecule has 0 saturated carbocycles. The lowest BCUT2D eigenvalue weighted by atomic mass is 10.3. The van der Waals surface area contributed by atoms with Crippen molar-refractivity contribution in [3.8, 4) is 0 Å². The van der Waals surface area contributed by atoms with Gasteiger partial charge in [0.25, 0.3) is 11.8 Å². The van der Waals surface area contributed by atoms with Crippen LogP contribution in [0.25, 0.3) is 0 Å². The summed E-state index contributed by atoms with van der Waals surface area (Å²) in [6, 6.07) is 9.05. The van der Waals surface area contributed by atoms with E-state index < -0.39 is 11.9 Å².